The van der Waals surface area contributed by atoms with E-state index in [0.717, 1.165) is 12.8 Å². The number of rotatable bonds is 2. The quantitative estimate of drug-likeness (QED) is 0.667. The number of hydrogen-bond acceptors (Lipinski definition) is 2. The molecule has 0 unspecified atom stereocenters. The minimum Gasteiger partial charge on any atom is -0.338 e. The number of likely N-dealkylation sites (tertiary alicyclic amines) is 1. The minimum absolute atomic E-state index is 0.414. The molecule has 1 fully saturated rings. The lowest BCUT2D eigenvalue weighted by Gasteiger charge is -2.34. The number of amides is 1. The molecule has 0 spiro atoms. The highest BCUT2D eigenvalue weighted by molar-refractivity contribution is 5.79. The maximum absolute atomic E-state index is 12.1. The lowest BCUT2D eigenvalue weighted by molar-refractivity contribution is -0.144. The van der Waals surface area contributed by atoms with Crippen LogP contribution in [0.4, 0.5) is 8.78 Å². The van der Waals surface area contributed by atoms with Crippen LogP contribution in [0.2, 0.25) is 0 Å². The Morgan fingerprint density at radius 2 is 1.86 bits per heavy atom. The van der Waals surface area contributed by atoms with Crippen LogP contribution in [-0.4, -0.2) is 55.4 Å². The first-order chi connectivity index (χ1) is 6.52. The maximum Gasteiger partial charge on any atom is 0.315 e. The summed E-state index contributed by atoms with van der Waals surface area (Å²) in [5.41, 5.74) is 0. The van der Waals surface area contributed by atoms with Gasteiger partial charge in [-0.15, -0.1) is 0 Å². The summed E-state index contributed by atoms with van der Waals surface area (Å²) in [5.74, 6) is -1.03. The third-order valence-electron chi connectivity index (χ3n) is 2.69. The fraction of sp³-hybridized carbons (Fsp3) is 0.889. The van der Waals surface area contributed by atoms with Gasteiger partial charge in [0.2, 0.25) is 0 Å². The predicted octanol–water partition coefficient (Wildman–Crippen LogP) is 0.804. The van der Waals surface area contributed by atoms with Gasteiger partial charge in [0, 0.05) is 19.1 Å². The van der Waals surface area contributed by atoms with E-state index in [1.807, 2.05) is 14.1 Å². The first-order valence-corrected chi connectivity index (χ1v) is 4.75. The van der Waals surface area contributed by atoms with Crippen LogP contribution < -0.4 is 0 Å². The third kappa shape index (κ3) is 2.64. The van der Waals surface area contributed by atoms with Crippen molar-refractivity contribution in [3.05, 3.63) is 0 Å². The van der Waals surface area contributed by atoms with Crippen molar-refractivity contribution in [3.8, 4) is 0 Å². The summed E-state index contributed by atoms with van der Waals surface area (Å²) < 4.78 is 24.1. The van der Waals surface area contributed by atoms with Crippen molar-refractivity contribution in [3.63, 3.8) is 0 Å². The Hall–Kier alpha value is -0.710. The van der Waals surface area contributed by atoms with E-state index >= 15 is 0 Å². The van der Waals surface area contributed by atoms with Crippen LogP contribution in [-0.2, 0) is 4.79 Å². The fourth-order valence-electron chi connectivity index (χ4n) is 1.74. The Morgan fingerprint density at radius 1 is 1.36 bits per heavy atom. The molecular formula is C9H16F2N2O. The summed E-state index contributed by atoms with van der Waals surface area (Å²) in [4.78, 5) is 14.3. The average molecular weight is 206 g/mol. The number of carbonyl (C=O) groups is 1. The molecule has 1 aliphatic rings. The van der Waals surface area contributed by atoms with Gasteiger partial charge < -0.3 is 9.80 Å². The van der Waals surface area contributed by atoms with Crippen molar-refractivity contribution in [1.29, 1.82) is 0 Å². The van der Waals surface area contributed by atoms with E-state index in [1.165, 1.54) is 4.90 Å². The van der Waals surface area contributed by atoms with Gasteiger partial charge in [-0.3, -0.25) is 4.79 Å². The van der Waals surface area contributed by atoms with Gasteiger partial charge >= 0.3 is 6.43 Å². The summed E-state index contributed by atoms with van der Waals surface area (Å²) in [6.45, 7) is 0.901. The maximum atomic E-state index is 12.1. The first-order valence-electron chi connectivity index (χ1n) is 4.75. The molecule has 1 rings (SSSR count). The van der Waals surface area contributed by atoms with E-state index in [4.69, 9.17) is 0 Å². The van der Waals surface area contributed by atoms with Crippen molar-refractivity contribution in [2.75, 3.05) is 27.2 Å². The Kier molecular flexibility index (Phi) is 3.80. The van der Waals surface area contributed by atoms with E-state index < -0.39 is 12.3 Å². The summed E-state index contributed by atoms with van der Waals surface area (Å²) >= 11 is 0. The van der Waals surface area contributed by atoms with Gasteiger partial charge in [-0.1, -0.05) is 0 Å². The van der Waals surface area contributed by atoms with Crippen LogP contribution in [0, 0.1) is 0 Å². The monoisotopic (exact) mass is 206 g/mol. The van der Waals surface area contributed by atoms with E-state index in [0.29, 0.717) is 19.1 Å². The Labute approximate surface area is 82.7 Å². The van der Waals surface area contributed by atoms with Gasteiger partial charge in [-0.2, -0.15) is 8.78 Å². The Morgan fingerprint density at radius 3 is 2.21 bits per heavy atom. The number of piperidine rings is 1. The molecular weight excluding hydrogens is 190 g/mol. The smallest absolute Gasteiger partial charge is 0.315 e. The lowest BCUT2D eigenvalue weighted by atomic mass is 10.0. The van der Waals surface area contributed by atoms with Crippen molar-refractivity contribution >= 4 is 5.91 Å². The normalized spacial score (nSPS) is 19.4. The van der Waals surface area contributed by atoms with Gasteiger partial charge in [0.05, 0.1) is 0 Å². The molecule has 1 amide bonds. The summed E-state index contributed by atoms with van der Waals surface area (Å²) in [7, 11) is 3.94. The molecule has 0 atom stereocenters. The van der Waals surface area contributed by atoms with E-state index in [1.54, 1.807) is 0 Å². The molecule has 0 radical (unpaired) electrons. The van der Waals surface area contributed by atoms with Crippen LogP contribution in [0.5, 0.6) is 0 Å². The topological polar surface area (TPSA) is 23.6 Å². The van der Waals surface area contributed by atoms with Crippen LogP contribution in [0.15, 0.2) is 0 Å². The molecule has 0 bridgehead atoms. The van der Waals surface area contributed by atoms with Gasteiger partial charge in [0.15, 0.2) is 0 Å². The molecule has 0 aliphatic carbocycles. The Bertz CT molecular complexity index is 201. The highest BCUT2D eigenvalue weighted by Crippen LogP contribution is 2.15. The van der Waals surface area contributed by atoms with Gasteiger partial charge in [0.25, 0.3) is 5.91 Å². The molecule has 1 heterocycles. The molecule has 0 N–H and O–H groups in total. The second-order valence-corrected chi connectivity index (χ2v) is 3.82. The number of nitrogens with zero attached hydrogens (tertiary/aromatic N) is 2. The van der Waals surface area contributed by atoms with Crippen molar-refractivity contribution in [2.24, 2.45) is 0 Å². The van der Waals surface area contributed by atoms with Crippen LogP contribution in [0.1, 0.15) is 12.8 Å². The van der Waals surface area contributed by atoms with E-state index in [2.05, 4.69) is 4.90 Å². The average Bonchev–Trinajstić information content (AvgIpc) is 2.16. The second-order valence-electron chi connectivity index (χ2n) is 3.82. The largest absolute Gasteiger partial charge is 0.338 e. The summed E-state index contributed by atoms with van der Waals surface area (Å²) in [6, 6.07) is 0.414. The first kappa shape index (κ1) is 11.4. The predicted molar refractivity (Wildman–Crippen MR) is 49.3 cm³/mol. The molecule has 14 heavy (non-hydrogen) atoms. The highest BCUT2D eigenvalue weighted by atomic mass is 19.3. The summed E-state index contributed by atoms with van der Waals surface area (Å²) in [5, 5.41) is 0. The van der Waals surface area contributed by atoms with Crippen LogP contribution in [0.25, 0.3) is 0 Å². The molecule has 0 aromatic rings. The lowest BCUT2D eigenvalue weighted by Crippen LogP contribution is -2.46. The minimum atomic E-state index is -2.86. The van der Waals surface area contributed by atoms with Crippen LogP contribution >= 0.6 is 0 Å². The zero-order valence-electron chi connectivity index (χ0n) is 8.54. The molecule has 1 aliphatic heterocycles. The molecule has 82 valence electrons. The number of carbonyl (C=O) groups excluding carboxylic acids is 1. The molecule has 0 saturated carbocycles. The molecule has 1 saturated heterocycles. The highest BCUT2D eigenvalue weighted by Gasteiger charge is 2.28. The number of alkyl halides is 2. The fourth-order valence-corrected chi connectivity index (χ4v) is 1.74. The van der Waals surface area contributed by atoms with Gasteiger partial charge in [-0.05, 0) is 26.9 Å². The van der Waals surface area contributed by atoms with Crippen molar-refractivity contribution < 1.29 is 13.6 Å². The van der Waals surface area contributed by atoms with E-state index in [-0.39, 0.29) is 0 Å². The third-order valence-corrected chi connectivity index (χ3v) is 2.69. The molecule has 3 nitrogen and oxygen atoms in total. The molecule has 5 heteroatoms. The van der Waals surface area contributed by atoms with Gasteiger partial charge in [-0.25, -0.2) is 0 Å². The van der Waals surface area contributed by atoms with E-state index in [9.17, 15) is 13.6 Å². The zero-order valence-corrected chi connectivity index (χ0v) is 8.54. The Balaban J connectivity index is 2.39. The standard InChI is InChI=1S/C9H16F2N2O/c1-12(2)7-3-5-13(6-4-7)9(14)8(10)11/h7-8H,3-6H2,1-2H3. The van der Waals surface area contributed by atoms with Crippen molar-refractivity contribution in [1.82, 2.24) is 9.80 Å². The number of halogens is 2. The zero-order chi connectivity index (χ0) is 10.7. The number of hydrogen-bond donors (Lipinski definition) is 0. The van der Waals surface area contributed by atoms with Crippen LogP contribution in [0.3, 0.4) is 0 Å². The van der Waals surface area contributed by atoms with Crippen molar-refractivity contribution in [2.45, 2.75) is 25.3 Å². The summed E-state index contributed by atoms with van der Waals surface area (Å²) in [6.07, 6.45) is -1.29. The second kappa shape index (κ2) is 4.68. The molecule has 0 aromatic carbocycles. The SMILES string of the molecule is CN(C)C1CCN(C(=O)C(F)F)CC1. The van der Waals surface area contributed by atoms with Gasteiger partial charge in [0.1, 0.15) is 0 Å². The molecule has 0 aromatic heterocycles.